The highest BCUT2D eigenvalue weighted by Crippen LogP contribution is 2.59. The Bertz CT molecular complexity index is 2490. The molecule has 0 bridgehead atoms. The van der Waals surface area contributed by atoms with Gasteiger partial charge in [0, 0.05) is 44.3 Å². The van der Waals surface area contributed by atoms with Crippen LogP contribution in [0.2, 0.25) is 0 Å². The van der Waals surface area contributed by atoms with E-state index < -0.39 is 48.4 Å². The molecule has 2 aromatic heterocycles. The van der Waals surface area contributed by atoms with Crippen molar-refractivity contribution < 1.29 is 76.2 Å². The molecular formula is C49H64BrN7O16. The lowest BCUT2D eigenvalue weighted by atomic mass is 10.0. The predicted molar refractivity (Wildman–Crippen MR) is 260 cm³/mol. The van der Waals surface area contributed by atoms with Crippen LogP contribution in [-0.4, -0.2) is 183 Å². The highest BCUT2D eigenvalue weighted by molar-refractivity contribution is 9.10. The second kappa shape index (κ2) is 25.7. The van der Waals surface area contributed by atoms with Gasteiger partial charge in [-0.2, -0.15) is 5.10 Å². The molecule has 73 heavy (non-hydrogen) atoms. The molecule has 3 saturated heterocycles. The molecule has 0 spiro atoms. The topological polar surface area (TPSA) is 287 Å². The van der Waals surface area contributed by atoms with Crippen LogP contribution in [0.15, 0.2) is 34.9 Å². The molecule has 4 N–H and O–H groups in total. The van der Waals surface area contributed by atoms with E-state index in [1.165, 1.54) is 18.7 Å². The van der Waals surface area contributed by atoms with Gasteiger partial charge in [0.05, 0.1) is 58.9 Å². The number of ether oxygens (including phenoxy) is 9. The first kappa shape index (κ1) is 55.3. The fraction of sp³-hybridized carbons (Fsp3) is 0.612. The third kappa shape index (κ3) is 14.6. The number of pyridine rings is 1. The zero-order chi connectivity index (χ0) is 52.2. The Morgan fingerprint density at radius 1 is 0.904 bits per heavy atom. The number of nitrogens with two attached hydrogens (primary N) is 1. The number of aryl methyl sites for hydroxylation is 1. The Hall–Kier alpha value is -5.47. The number of halogens is 1. The van der Waals surface area contributed by atoms with Crippen LogP contribution in [0.3, 0.4) is 0 Å². The van der Waals surface area contributed by atoms with Crippen LogP contribution in [-0.2, 0) is 73.2 Å². The molecule has 0 radical (unpaired) electrons. The lowest BCUT2D eigenvalue weighted by Gasteiger charge is -2.27. The Morgan fingerprint density at radius 3 is 2.37 bits per heavy atom. The van der Waals surface area contributed by atoms with Gasteiger partial charge >= 0.3 is 11.9 Å². The highest BCUT2D eigenvalue weighted by Gasteiger charge is 2.64. The fourth-order valence-electron chi connectivity index (χ4n) is 9.18. The van der Waals surface area contributed by atoms with E-state index in [1.54, 1.807) is 29.2 Å². The summed E-state index contributed by atoms with van der Waals surface area (Å²) in [4.78, 5) is 94.5. The lowest BCUT2D eigenvalue weighted by molar-refractivity contribution is -0.159. The van der Waals surface area contributed by atoms with E-state index >= 15 is 0 Å². The molecule has 4 aliphatic rings. The van der Waals surface area contributed by atoms with Gasteiger partial charge in [0.2, 0.25) is 17.7 Å². The van der Waals surface area contributed by atoms with Gasteiger partial charge in [0.15, 0.2) is 18.0 Å². The average molecular weight is 1090 g/mol. The number of aromatic nitrogens is 3. The number of hydrogen-bond donors (Lipinski definition) is 3. The summed E-state index contributed by atoms with van der Waals surface area (Å²) in [5.41, 5.74) is 6.97. The number of benzene rings is 1. The van der Waals surface area contributed by atoms with Crippen LogP contribution in [0, 0.1) is 12.3 Å². The Kier molecular flexibility index (Phi) is 19.4. The van der Waals surface area contributed by atoms with Crippen molar-refractivity contribution in [1.82, 2.24) is 25.0 Å². The van der Waals surface area contributed by atoms with E-state index in [0.29, 0.717) is 52.9 Å². The quantitative estimate of drug-likeness (QED) is 0.0388. The van der Waals surface area contributed by atoms with E-state index in [1.807, 2.05) is 13.0 Å². The number of ketones is 2. The number of carbonyl (C=O) groups is 7. The maximum atomic E-state index is 14.1. The van der Waals surface area contributed by atoms with Crippen LogP contribution < -0.4 is 21.1 Å². The van der Waals surface area contributed by atoms with Crippen molar-refractivity contribution in [3.63, 3.8) is 0 Å². The van der Waals surface area contributed by atoms with Crippen molar-refractivity contribution in [2.24, 2.45) is 11.1 Å². The lowest BCUT2D eigenvalue weighted by Crippen LogP contribution is -2.47. The van der Waals surface area contributed by atoms with E-state index in [2.05, 4.69) is 48.3 Å². The number of fused-ring (bicyclic) bond motifs is 3. The number of likely N-dealkylation sites (tertiary alicyclic amines) is 1. The van der Waals surface area contributed by atoms with Crippen molar-refractivity contribution in [1.29, 1.82) is 0 Å². The Morgan fingerprint density at radius 2 is 1.62 bits per heavy atom. The number of carbonyl (C=O) groups excluding carboxylic acids is 7. The summed E-state index contributed by atoms with van der Waals surface area (Å²) in [5, 5.41) is 10.6. The molecule has 1 aromatic carbocycles. The molecule has 23 nitrogen and oxygen atoms in total. The molecule has 3 aliphatic heterocycles. The minimum absolute atomic E-state index is 0.0134. The summed E-state index contributed by atoms with van der Waals surface area (Å²) in [7, 11) is 1.25. The van der Waals surface area contributed by atoms with Crippen molar-refractivity contribution in [2.45, 2.75) is 108 Å². The number of hydrogen-bond acceptors (Lipinski definition) is 19. The number of anilines is 1. The monoisotopic (exact) mass is 1090 g/mol. The smallest absolute Gasteiger partial charge is 0.332 e. The van der Waals surface area contributed by atoms with Crippen molar-refractivity contribution in [3.05, 3.63) is 46.2 Å². The number of rotatable bonds is 29. The SMILES string of the molecule is COC(=O)[C@@H](N)CCC(=O)CCCOCCOCC(=O)NCCOCCOCC(=O)O[C@@H]1CO[C@H]2[C@@H]1OC[C@H]2Oc1ccc2c(c1)c(C(C)=O)nn2CC(=O)N1[C@H](C(=O)Nc2nc(Br)ccc2C)C[C@@]2(C)C[C@@H]12. The first-order chi connectivity index (χ1) is 35.0. The number of esters is 2. The first-order valence-corrected chi connectivity index (χ1v) is 25.1. The van der Waals surface area contributed by atoms with E-state index in [-0.39, 0.29) is 132 Å². The Labute approximate surface area is 430 Å². The third-order valence-corrected chi connectivity index (χ3v) is 13.6. The van der Waals surface area contributed by atoms with Crippen molar-refractivity contribution in [2.75, 3.05) is 85.0 Å². The molecule has 398 valence electrons. The second-order valence-corrected chi connectivity index (χ2v) is 19.5. The van der Waals surface area contributed by atoms with E-state index in [9.17, 15) is 33.6 Å². The summed E-state index contributed by atoms with van der Waals surface area (Å²) >= 11 is 3.36. The summed E-state index contributed by atoms with van der Waals surface area (Å²) < 4.78 is 52.1. The molecule has 4 fully saturated rings. The van der Waals surface area contributed by atoms with E-state index in [0.717, 1.165) is 12.0 Å². The normalized spacial score (nSPS) is 23.1. The number of nitrogens with one attached hydrogen (secondary N) is 2. The van der Waals surface area contributed by atoms with Gasteiger partial charge in [-0.1, -0.05) is 13.0 Å². The molecule has 1 saturated carbocycles. The molecule has 5 heterocycles. The molecule has 7 rings (SSSR count). The van der Waals surface area contributed by atoms with Gasteiger partial charge in [-0.15, -0.1) is 0 Å². The number of methoxy groups -OCH3 is 1. The van der Waals surface area contributed by atoms with Gasteiger partial charge < -0.3 is 63.9 Å². The second-order valence-electron chi connectivity index (χ2n) is 18.7. The summed E-state index contributed by atoms with van der Waals surface area (Å²) in [6.07, 6.45) is 0.195. The van der Waals surface area contributed by atoms with Crippen molar-refractivity contribution >= 4 is 73.9 Å². The summed E-state index contributed by atoms with van der Waals surface area (Å²) in [6, 6.07) is 7.19. The molecule has 8 atom stereocenters. The largest absolute Gasteiger partial charge is 0.485 e. The third-order valence-electron chi connectivity index (χ3n) is 13.2. The standard InChI is InChI=1S/C49H64BrN7O16/c1-28-7-12-39(50)53-46(28)54-47(63)35-21-49(3)22-38(49)57(35)41(61)23-56-34-11-9-31(20-32(34)43(55-56)29(2)58)72-36-24-70-45-37(25-71-44(36)45)73-42(62)27-69-19-17-67-15-13-52-40(60)26-68-18-16-66-14-5-6-30(59)8-10-33(51)48(64)65-4/h7,9,11-12,20,33,35-38,44-45H,5-6,8,10,13-19,21-27,51H2,1-4H3,(H,52,60)(H,53,54,63)/t33-,35-,36+,37+,38+,44+,45+,49-/m0/s1. The van der Waals surface area contributed by atoms with Crippen LogP contribution in [0.4, 0.5) is 5.82 Å². The maximum Gasteiger partial charge on any atom is 0.332 e. The fourth-order valence-corrected chi connectivity index (χ4v) is 9.49. The highest BCUT2D eigenvalue weighted by atomic mass is 79.9. The van der Waals surface area contributed by atoms with Crippen LogP contribution in [0.5, 0.6) is 5.75 Å². The Balaban J connectivity index is 0.762. The molecule has 3 aromatic rings. The molecule has 24 heteroatoms. The minimum Gasteiger partial charge on any atom is -0.485 e. The van der Waals surface area contributed by atoms with Crippen molar-refractivity contribution in [3.8, 4) is 5.75 Å². The van der Waals surface area contributed by atoms with Crippen LogP contribution >= 0.6 is 15.9 Å². The van der Waals surface area contributed by atoms with Gasteiger partial charge in [0.25, 0.3) is 0 Å². The summed E-state index contributed by atoms with van der Waals surface area (Å²) in [6.45, 7) is 6.45. The van der Waals surface area contributed by atoms with Gasteiger partial charge in [-0.25, -0.2) is 9.78 Å². The zero-order valence-electron chi connectivity index (χ0n) is 41.4. The average Bonchev–Trinajstić information content (AvgIpc) is 3.77. The number of amides is 3. The predicted octanol–water partition coefficient (Wildman–Crippen LogP) is 1.99. The molecular weight excluding hydrogens is 1020 g/mol. The minimum atomic E-state index is -0.811. The van der Waals surface area contributed by atoms with E-state index in [4.69, 9.17) is 43.6 Å². The first-order valence-electron chi connectivity index (χ1n) is 24.3. The summed E-state index contributed by atoms with van der Waals surface area (Å²) in [5.74, 6) is -1.54. The van der Waals surface area contributed by atoms with Crippen LogP contribution in [0.1, 0.15) is 68.4 Å². The molecule has 3 amide bonds. The van der Waals surface area contributed by atoms with Gasteiger partial charge in [-0.05, 0) is 83.8 Å². The van der Waals surface area contributed by atoms with Crippen LogP contribution in [0.25, 0.3) is 10.9 Å². The number of nitrogens with zero attached hydrogens (tertiary/aromatic N) is 4. The van der Waals surface area contributed by atoms with Gasteiger partial charge in [-0.3, -0.25) is 33.4 Å². The zero-order valence-corrected chi connectivity index (χ0v) is 43.0. The maximum absolute atomic E-state index is 14.1. The molecule has 0 unspecified atom stereocenters. The molecule has 1 aliphatic carbocycles. The number of piperidine rings is 1. The number of Topliss-reactive ketones (excluding diaryl/α,β-unsaturated/α-hetero) is 2. The van der Waals surface area contributed by atoms with Gasteiger partial charge in [0.1, 0.15) is 71.7 Å².